The number of benzene rings is 4. The van der Waals surface area contributed by atoms with E-state index in [-0.39, 0.29) is 34.0 Å². The van der Waals surface area contributed by atoms with Crippen molar-refractivity contribution < 1.29 is 0 Å². The van der Waals surface area contributed by atoms with Crippen LogP contribution < -0.4 is 26.2 Å². The Morgan fingerprint density at radius 2 is 1.49 bits per heavy atom. The van der Waals surface area contributed by atoms with Crippen LogP contribution in [0.15, 0.2) is 82.6 Å². The number of rotatable bonds is 1. The molecule has 8 aliphatic rings. The molecule has 0 spiro atoms. The van der Waals surface area contributed by atoms with Crippen molar-refractivity contribution in [2.75, 3.05) is 9.80 Å². The van der Waals surface area contributed by atoms with Crippen LogP contribution in [0.2, 0.25) is 0 Å². The topological polar surface area (TPSA) is 11.4 Å². The summed E-state index contributed by atoms with van der Waals surface area (Å²) in [5.41, 5.74) is 22.5. The number of hydrogen-bond donors (Lipinski definition) is 0. The Bertz CT molecular complexity index is 2850. The van der Waals surface area contributed by atoms with E-state index in [1.54, 1.807) is 11.1 Å². The molecule has 0 bridgehead atoms. The summed E-state index contributed by atoms with van der Waals surface area (Å²) in [6.45, 7) is 22.7. The molecule has 0 amide bonds. The Morgan fingerprint density at radius 1 is 0.763 bits per heavy atom. The van der Waals surface area contributed by atoms with E-state index < -0.39 is 0 Å². The molecule has 0 radical (unpaired) electrons. The largest absolute Gasteiger partial charge is 0.335 e. The van der Waals surface area contributed by atoms with Crippen molar-refractivity contribution in [2.24, 2.45) is 0 Å². The predicted molar refractivity (Wildman–Crippen MR) is 252 cm³/mol. The first-order chi connectivity index (χ1) is 28.2. The van der Waals surface area contributed by atoms with Crippen LogP contribution in [-0.4, -0.2) is 22.4 Å². The number of fused-ring (bicyclic) bond motifs is 15. The molecule has 3 nitrogen and oxygen atoms in total. The van der Waals surface area contributed by atoms with Crippen molar-refractivity contribution in [3.8, 4) is 5.69 Å². The number of hydrogen-bond acceptors (Lipinski definition) is 3. The van der Waals surface area contributed by atoms with Crippen LogP contribution in [0.25, 0.3) is 16.6 Å². The van der Waals surface area contributed by atoms with E-state index >= 15 is 0 Å². The van der Waals surface area contributed by atoms with Crippen LogP contribution >= 0.6 is 11.8 Å². The molecule has 2 saturated carbocycles. The minimum absolute atomic E-state index is 0.0121. The second kappa shape index (κ2) is 11.0. The zero-order chi connectivity index (χ0) is 40.3. The van der Waals surface area contributed by atoms with Gasteiger partial charge in [0, 0.05) is 66.7 Å². The summed E-state index contributed by atoms with van der Waals surface area (Å²) in [7, 11) is 0. The molecule has 3 aliphatic carbocycles. The number of thioether (sulfide) groups is 1. The SMILES string of the molecule is Cc1cc(C)c2c(c1)N(c1cc3c4c(c1)-n1c5c(c6cc(C(C)(C)C)cc(c61)B4c1cccc4c1N3C1(C)CCCCC41C)SC1=CC=CCC15)C1(C)CCCCC21C. The molecular formula is C54H58BN3S. The second-order valence-electron chi connectivity index (χ2n) is 22.0. The third-order valence-corrected chi connectivity index (χ3v) is 19.4. The fourth-order valence-electron chi connectivity index (χ4n) is 14.9. The summed E-state index contributed by atoms with van der Waals surface area (Å²) in [6.07, 6.45) is 18.3. The fourth-order valence-corrected chi connectivity index (χ4v) is 16.2. The summed E-state index contributed by atoms with van der Waals surface area (Å²) in [6, 6.07) is 23.2. The molecule has 5 heteroatoms. The summed E-state index contributed by atoms with van der Waals surface area (Å²) in [5.74, 6) is 0.388. The quantitative estimate of drug-likeness (QED) is 0.154. The van der Waals surface area contributed by atoms with Gasteiger partial charge in [-0.2, -0.15) is 0 Å². The van der Waals surface area contributed by atoms with Crippen molar-refractivity contribution in [2.45, 2.75) is 158 Å². The average molecular weight is 792 g/mol. The molecule has 0 saturated heterocycles. The highest BCUT2D eigenvalue weighted by Crippen LogP contribution is 2.65. The molecule has 59 heavy (non-hydrogen) atoms. The van der Waals surface area contributed by atoms with Crippen LogP contribution in [0.1, 0.15) is 146 Å². The highest BCUT2D eigenvalue weighted by Gasteiger charge is 2.63. The van der Waals surface area contributed by atoms with Crippen molar-refractivity contribution >= 4 is 68.5 Å². The van der Waals surface area contributed by atoms with Gasteiger partial charge in [-0.15, -0.1) is 0 Å². The van der Waals surface area contributed by atoms with Gasteiger partial charge in [0.1, 0.15) is 0 Å². The first-order valence-electron chi connectivity index (χ1n) is 23.0. The summed E-state index contributed by atoms with van der Waals surface area (Å²) >= 11 is 2.06. The van der Waals surface area contributed by atoms with Crippen LogP contribution in [0, 0.1) is 13.8 Å². The Labute approximate surface area is 356 Å². The molecular weight excluding hydrogens is 733 g/mol. The monoisotopic (exact) mass is 791 g/mol. The van der Waals surface area contributed by atoms with Crippen molar-refractivity contribution in [3.05, 3.63) is 111 Å². The Balaban J connectivity index is 1.20. The van der Waals surface area contributed by atoms with Crippen LogP contribution in [0.5, 0.6) is 0 Å². The minimum Gasteiger partial charge on any atom is -0.335 e. The van der Waals surface area contributed by atoms with E-state index in [0.717, 1.165) is 6.42 Å². The van der Waals surface area contributed by atoms with Gasteiger partial charge in [-0.25, -0.2) is 0 Å². The lowest BCUT2D eigenvalue weighted by molar-refractivity contribution is 0.193. The highest BCUT2D eigenvalue weighted by molar-refractivity contribution is 8.03. The molecule has 2 fully saturated rings. The number of nitrogens with zero attached hydrogens (tertiary/aromatic N) is 3. The van der Waals surface area contributed by atoms with E-state index in [1.807, 2.05) is 0 Å². The van der Waals surface area contributed by atoms with E-state index in [1.165, 1.54) is 139 Å². The van der Waals surface area contributed by atoms with Gasteiger partial charge in [0.25, 0.3) is 6.71 Å². The maximum absolute atomic E-state index is 2.96. The van der Waals surface area contributed by atoms with Crippen LogP contribution in [0.3, 0.4) is 0 Å². The van der Waals surface area contributed by atoms with Crippen molar-refractivity contribution in [1.29, 1.82) is 0 Å². The summed E-state index contributed by atoms with van der Waals surface area (Å²) in [4.78, 5) is 8.87. The molecule has 5 unspecified atom stereocenters. The lowest BCUT2D eigenvalue weighted by Crippen LogP contribution is -2.64. The second-order valence-corrected chi connectivity index (χ2v) is 23.1. The maximum atomic E-state index is 2.96. The number of aromatic nitrogens is 1. The van der Waals surface area contributed by atoms with Crippen molar-refractivity contribution in [3.63, 3.8) is 0 Å². The third kappa shape index (κ3) is 3.99. The molecule has 6 heterocycles. The highest BCUT2D eigenvalue weighted by atomic mass is 32.2. The third-order valence-electron chi connectivity index (χ3n) is 18.1. The zero-order valence-corrected chi connectivity index (χ0v) is 37.5. The fraction of sp³-hybridized carbons (Fsp3) is 0.444. The first-order valence-corrected chi connectivity index (χ1v) is 23.8. The number of allylic oxidation sites excluding steroid dienone is 4. The smallest absolute Gasteiger partial charge is 0.252 e. The molecule has 4 aromatic carbocycles. The molecule has 298 valence electrons. The number of anilines is 4. The van der Waals surface area contributed by atoms with Crippen LogP contribution in [-0.2, 0) is 16.2 Å². The van der Waals surface area contributed by atoms with Gasteiger partial charge in [-0.3, -0.25) is 0 Å². The predicted octanol–water partition coefficient (Wildman–Crippen LogP) is 12.2. The van der Waals surface area contributed by atoms with Gasteiger partial charge in [-0.05, 0) is 139 Å². The zero-order valence-electron chi connectivity index (χ0n) is 36.7. The average Bonchev–Trinajstić information content (AvgIpc) is 3.85. The standard InChI is InChI=1S/C54H58BN3S/c1-31-25-32(2)44-40(26-31)57(54(9)24-15-13-22-52(44,54)7)34-29-41-45-42(30-34)58-48-37(51(6)21-12-14-23-53(51,58)8)18-16-19-38(48)55(45)39-28-33(50(3,4)5)27-36-46(39)56(41)47-35-17-10-11-20-43(35)59-49(36)47/h10-11,16,18-20,25-30,35H,12-15,17,21-24H2,1-9H3. The maximum Gasteiger partial charge on any atom is 0.252 e. The summed E-state index contributed by atoms with van der Waals surface area (Å²) in [5, 5.41) is 1.47. The first kappa shape index (κ1) is 35.7. The number of aryl methyl sites for hydroxylation is 2. The normalized spacial score (nSPS) is 30.2. The van der Waals surface area contributed by atoms with Crippen molar-refractivity contribution in [1.82, 2.24) is 4.57 Å². The number of para-hydroxylation sites is 1. The van der Waals surface area contributed by atoms with E-state index in [2.05, 4.69) is 161 Å². The molecule has 0 N–H and O–H groups in total. The summed E-state index contributed by atoms with van der Waals surface area (Å²) < 4.78 is 2.84. The lowest BCUT2D eigenvalue weighted by Gasteiger charge is -2.53. The Morgan fingerprint density at radius 3 is 2.27 bits per heavy atom. The molecule has 5 aliphatic heterocycles. The van der Waals surface area contributed by atoms with E-state index in [9.17, 15) is 0 Å². The van der Waals surface area contributed by atoms with Gasteiger partial charge >= 0.3 is 0 Å². The Kier molecular flexibility index (Phi) is 6.67. The molecule has 1 aromatic heterocycles. The van der Waals surface area contributed by atoms with Gasteiger partial charge < -0.3 is 14.4 Å². The van der Waals surface area contributed by atoms with E-state index in [4.69, 9.17) is 0 Å². The molecule has 13 rings (SSSR count). The van der Waals surface area contributed by atoms with Gasteiger partial charge in [0.15, 0.2) is 0 Å². The van der Waals surface area contributed by atoms with E-state index in [0.29, 0.717) is 5.92 Å². The molecule has 5 atom stereocenters. The Hall–Kier alpha value is -4.09. The lowest BCUT2D eigenvalue weighted by atomic mass is 9.33. The van der Waals surface area contributed by atoms with Gasteiger partial charge in [0.05, 0.1) is 11.1 Å². The van der Waals surface area contributed by atoms with Gasteiger partial charge in [-0.1, -0.05) is 121 Å². The minimum atomic E-state index is -0.0272. The van der Waals surface area contributed by atoms with Crippen LogP contribution in [0.4, 0.5) is 22.7 Å². The van der Waals surface area contributed by atoms with Gasteiger partial charge in [0.2, 0.25) is 0 Å². The molecule has 5 aromatic rings.